The molecule has 0 aromatic heterocycles. The van der Waals surface area contributed by atoms with E-state index in [0.717, 1.165) is 5.56 Å². The van der Waals surface area contributed by atoms with E-state index in [1.54, 1.807) is 7.11 Å². The SMILES string of the molecule is CCOc1cc(CNC(C)c2cccc3ccccc23)cc(Cl)c1OC. The lowest BCUT2D eigenvalue weighted by Crippen LogP contribution is -2.18. The van der Waals surface area contributed by atoms with Crippen LogP contribution >= 0.6 is 11.6 Å². The first kappa shape index (κ1) is 18.6. The predicted octanol–water partition coefficient (Wildman–Crippen LogP) is 5.75. The normalized spacial score (nSPS) is 12.2. The Morgan fingerprint density at radius 3 is 2.62 bits per heavy atom. The molecule has 0 aliphatic rings. The lowest BCUT2D eigenvalue weighted by Gasteiger charge is -2.18. The van der Waals surface area contributed by atoms with Crippen LogP contribution in [0.25, 0.3) is 10.8 Å². The number of halogens is 1. The molecule has 3 aromatic rings. The molecule has 136 valence electrons. The molecule has 0 heterocycles. The first-order valence-corrected chi connectivity index (χ1v) is 9.22. The van der Waals surface area contributed by atoms with E-state index in [1.165, 1.54) is 16.3 Å². The van der Waals surface area contributed by atoms with E-state index in [2.05, 4.69) is 54.7 Å². The molecule has 3 aromatic carbocycles. The van der Waals surface area contributed by atoms with Gasteiger partial charge in [-0.05, 0) is 47.9 Å². The first-order chi connectivity index (χ1) is 12.6. The van der Waals surface area contributed by atoms with Crippen LogP contribution in [0.5, 0.6) is 11.5 Å². The molecule has 1 atom stereocenters. The maximum Gasteiger partial charge on any atom is 0.179 e. The van der Waals surface area contributed by atoms with Crippen molar-refractivity contribution in [2.75, 3.05) is 13.7 Å². The molecular weight excluding hydrogens is 346 g/mol. The second-order valence-electron chi connectivity index (χ2n) is 6.21. The Hall–Kier alpha value is -2.23. The largest absolute Gasteiger partial charge is 0.491 e. The first-order valence-electron chi connectivity index (χ1n) is 8.84. The van der Waals surface area contributed by atoms with Crippen molar-refractivity contribution in [1.82, 2.24) is 5.32 Å². The third-order valence-electron chi connectivity index (χ3n) is 4.48. The Morgan fingerprint density at radius 1 is 1.08 bits per heavy atom. The number of methoxy groups -OCH3 is 1. The fraction of sp³-hybridized carbons (Fsp3) is 0.273. The van der Waals surface area contributed by atoms with Gasteiger partial charge in [-0.3, -0.25) is 0 Å². The third kappa shape index (κ3) is 3.95. The maximum absolute atomic E-state index is 6.35. The lowest BCUT2D eigenvalue weighted by molar-refractivity contribution is 0.310. The van der Waals surface area contributed by atoms with Gasteiger partial charge >= 0.3 is 0 Å². The third-order valence-corrected chi connectivity index (χ3v) is 4.76. The van der Waals surface area contributed by atoms with Crippen molar-refractivity contribution in [3.8, 4) is 11.5 Å². The molecule has 0 aliphatic heterocycles. The lowest BCUT2D eigenvalue weighted by atomic mass is 9.99. The Bertz CT molecular complexity index is 889. The van der Waals surface area contributed by atoms with Crippen LogP contribution in [-0.4, -0.2) is 13.7 Å². The van der Waals surface area contributed by atoms with Crippen LogP contribution in [0.1, 0.15) is 31.0 Å². The van der Waals surface area contributed by atoms with Crippen LogP contribution in [0.3, 0.4) is 0 Å². The summed E-state index contributed by atoms with van der Waals surface area (Å²) in [5, 5.41) is 6.68. The fourth-order valence-electron chi connectivity index (χ4n) is 3.19. The van der Waals surface area contributed by atoms with Crippen molar-refractivity contribution in [2.24, 2.45) is 0 Å². The number of hydrogen-bond acceptors (Lipinski definition) is 3. The molecule has 0 bridgehead atoms. The second-order valence-corrected chi connectivity index (χ2v) is 6.62. The molecule has 1 N–H and O–H groups in total. The molecule has 0 radical (unpaired) electrons. The number of hydrogen-bond donors (Lipinski definition) is 1. The minimum absolute atomic E-state index is 0.206. The van der Waals surface area contributed by atoms with Gasteiger partial charge in [0.15, 0.2) is 11.5 Å². The summed E-state index contributed by atoms with van der Waals surface area (Å²) < 4.78 is 11.0. The summed E-state index contributed by atoms with van der Waals surface area (Å²) in [5.41, 5.74) is 2.35. The molecule has 0 fully saturated rings. The predicted molar refractivity (Wildman–Crippen MR) is 108 cm³/mol. The molecule has 4 heteroatoms. The topological polar surface area (TPSA) is 30.5 Å². The summed E-state index contributed by atoms with van der Waals surface area (Å²) in [6.07, 6.45) is 0. The van der Waals surface area contributed by atoms with Gasteiger partial charge in [0, 0.05) is 12.6 Å². The smallest absolute Gasteiger partial charge is 0.179 e. The van der Waals surface area contributed by atoms with Gasteiger partial charge in [0.25, 0.3) is 0 Å². The summed E-state index contributed by atoms with van der Waals surface area (Å²) >= 11 is 6.35. The highest BCUT2D eigenvalue weighted by Crippen LogP contribution is 2.36. The summed E-state index contributed by atoms with van der Waals surface area (Å²) in [6, 6.07) is 19.0. The quantitative estimate of drug-likeness (QED) is 0.575. The minimum atomic E-state index is 0.206. The fourth-order valence-corrected chi connectivity index (χ4v) is 3.50. The summed E-state index contributed by atoms with van der Waals surface area (Å²) in [6.45, 7) is 5.38. The van der Waals surface area contributed by atoms with E-state index in [4.69, 9.17) is 21.1 Å². The van der Waals surface area contributed by atoms with Gasteiger partial charge in [-0.2, -0.15) is 0 Å². The van der Waals surface area contributed by atoms with Crippen molar-refractivity contribution in [3.63, 3.8) is 0 Å². The van der Waals surface area contributed by atoms with Crippen LogP contribution in [0.2, 0.25) is 5.02 Å². The monoisotopic (exact) mass is 369 g/mol. The van der Waals surface area contributed by atoms with E-state index >= 15 is 0 Å². The number of rotatable bonds is 7. The second kappa shape index (κ2) is 8.43. The van der Waals surface area contributed by atoms with Crippen molar-refractivity contribution < 1.29 is 9.47 Å². The van der Waals surface area contributed by atoms with Gasteiger partial charge in [0.1, 0.15) is 0 Å². The van der Waals surface area contributed by atoms with Crippen molar-refractivity contribution >= 4 is 22.4 Å². The van der Waals surface area contributed by atoms with Gasteiger partial charge in [-0.25, -0.2) is 0 Å². The maximum atomic E-state index is 6.35. The zero-order chi connectivity index (χ0) is 18.5. The molecular formula is C22H24ClNO2. The van der Waals surface area contributed by atoms with Crippen LogP contribution in [0.15, 0.2) is 54.6 Å². The van der Waals surface area contributed by atoms with E-state index in [0.29, 0.717) is 29.7 Å². The van der Waals surface area contributed by atoms with Gasteiger partial charge < -0.3 is 14.8 Å². The van der Waals surface area contributed by atoms with Crippen molar-refractivity contribution in [3.05, 3.63) is 70.7 Å². The van der Waals surface area contributed by atoms with Crippen LogP contribution < -0.4 is 14.8 Å². The van der Waals surface area contributed by atoms with E-state index in [1.807, 2.05) is 19.1 Å². The Kier molecular flexibility index (Phi) is 6.02. The minimum Gasteiger partial charge on any atom is -0.491 e. The van der Waals surface area contributed by atoms with Crippen LogP contribution in [0, 0.1) is 0 Å². The highest BCUT2D eigenvalue weighted by atomic mass is 35.5. The molecule has 3 nitrogen and oxygen atoms in total. The van der Waals surface area contributed by atoms with Gasteiger partial charge in [-0.15, -0.1) is 0 Å². The number of ether oxygens (including phenoxy) is 2. The van der Waals surface area contributed by atoms with Gasteiger partial charge in [0.05, 0.1) is 18.7 Å². The number of fused-ring (bicyclic) bond motifs is 1. The zero-order valence-corrected chi connectivity index (χ0v) is 16.1. The van der Waals surface area contributed by atoms with E-state index in [-0.39, 0.29) is 6.04 Å². The van der Waals surface area contributed by atoms with E-state index in [9.17, 15) is 0 Å². The highest BCUT2D eigenvalue weighted by Gasteiger charge is 2.13. The standard InChI is InChI=1S/C22H24ClNO2/c1-4-26-21-13-16(12-20(23)22(21)25-3)14-24-15(2)18-11-7-9-17-8-5-6-10-19(17)18/h5-13,15,24H,4,14H2,1-3H3. The summed E-state index contributed by atoms with van der Waals surface area (Å²) in [5.74, 6) is 1.26. The van der Waals surface area contributed by atoms with E-state index < -0.39 is 0 Å². The molecule has 0 amide bonds. The van der Waals surface area contributed by atoms with Gasteiger partial charge in [-0.1, -0.05) is 54.1 Å². The summed E-state index contributed by atoms with van der Waals surface area (Å²) in [4.78, 5) is 0. The molecule has 0 saturated heterocycles. The number of benzene rings is 3. The molecule has 26 heavy (non-hydrogen) atoms. The zero-order valence-electron chi connectivity index (χ0n) is 15.4. The van der Waals surface area contributed by atoms with Gasteiger partial charge in [0.2, 0.25) is 0 Å². The molecule has 0 spiro atoms. The molecule has 0 saturated carbocycles. The average Bonchev–Trinajstić information content (AvgIpc) is 2.66. The Balaban J connectivity index is 1.80. The Morgan fingerprint density at radius 2 is 1.85 bits per heavy atom. The summed E-state index contributed by atoms with van der Waals surface area (Å²) in [7, 11) is 1.60. The molecule has 3 rings (SSSR count). The van der Waals surface area contributed by atoms with Crippen molar-refractivity contribution in [1.29, 1.82) is 0 Å². The van der Waals surface area contributed by atoms with Crippen LogP contribution in [-0.2, 0) is 6.54 Å². The number of nitrogens with one attached hydrogen (secondary N) is 1. The van der Waals surface area contributed by atoms with Crippen molar-refractivity contribution in [2.45, 2.75) is 26.4 Å². The average molecular weight is 370 g/mol. The van der Waals surface area contributed by atoms with Crippen LogP contribution in [0.4, 0.5) is 0 Å². The Labute approximate surface area is 159 Å². The molecule has 0 aliphatic carbocycles. The highest BCUT2D eigenvalue weighted by molar-refractivity contribution is 6.32. The molecule has 1 unspecified atom stereocenters.